The lowest BCUT2D eigenvalue weighted by atomic mass is 10.0. The number of nitrogens with one attached hydrogen (secondary N) is 2. The van der Waals surface area contributed by atoms with Crippen LogP contribution in [0.1, 0.15) is 36.6 Å². The van der Waals surface area contributed by atoms with Gasteiger partial charge in [-0.25, -0.2) is 17.5 Å². The number of hydrogen-bond acceptors (Lipinski definition) is 4. The fourth-order valence-corrected chi connectivity index (χ4v) is 3.38. The summed E-state index contributed by atoms with van der Waals surface area (Å²) in [5.74, 6) is -0.0516. The van der Waals surface area contributed by atoms with Crippen molar-refractivity contribution in [3.8, 4) is 5.75 Å². The minimum atomic E-state index is -3.52. The van der Waals surface area contributed by atoms with Crippen molar-refractivity contribution in [2.75, 3.05) is 13.4 Å². The van der Waals surface area contributed by atoms with E-state index in [1.807, 2.05) is 0 Å². The van der Waals surface area contributed by atoms with Crippen LogP contribution in [0.25, 0.3) is 0 Å². The minimum Gasteiger partial charge on any atom is -0.497 e. The fourth-order valence-electron chi connectivity index (χ4n) is 2.64. The average Bonchev–Trinajstić information content (AvgIpc) is 2.60. The molecular formula is C19H23FN2O4S. The number of carbonyl (C=O) groups excluding carboxylic acids is 1. The molecule has 0 unspecified atom stereocenters. The quantitative estimate of drug-likeness (QED) is 0.721. The average molecular weight is 394 g/mol. The highest BCUT2D eigenvalue weighted by molar-refractivity contribution is 7.88. The van der Waals surface area contributed by atoms with Crippen LogP contribution in [0.3, 0.4) is 0 Å². The highest BCUT2D eigenvalue weighted by Gasteiger charge is 2.21. The predicted octanol–water partition coefficient (Wildman–Crippen LogP) is 2.69. The van der Waals surface area contributed by atoms with E-state index in [0.29, 0.717) is 11.3 Å². The monoisotopic (exact) mass is 394 g/mol. The number of rotatable bonds is 8. The van der Waals surface area contributed by atoms with Crippen LogP contribution in [-0.4, -0.2) is 27.7 Å². The second-order valence-electron chi connectivity index (χ2n) is 6.26. The highest BCUT2D eigenvalue weighted by atomic mass is 32.2. The van der Waals surface area contributed by atoms with E-state index in [9.17, 15) is 17.6 Å². The van der Waals surface area contributed by atoms with Gasteiger partial charge in [-0.3, -0.25) is 4.79 Å². The third-order valence-corrected chi connectivity index (χ3v) is 4.72. The molecule has 8 heteroatoms. The number of carbonyl (C=O) groups is 1. The van der Waals surface area contributed by atoms with Crippen LogP contribution in [0.5, 0.6) is 5.75 Å². The maximum absolute atomic E-state index is 13.0. The summed E-state index contributed by atoms with van der Waals surface area (Å²) in [6.45, 7) is 1.78. The number of methoxy groups -OCH3 is 1. The summed E-state index contributed by atoms with van der Waals surface area (Å²) >= 11 is 0. The Bertz CT molecular complexity index is 868. The highest BCUT2D eigenvalue weighted by Crippen LogP contribution is 2.22. The van der Waals surface area contributed by atoms with Gasteiger partial charge >= 0.3 is 0 Å². The Labute approximate surface area is 158 Å². The van der Waals surface area contributed by atoms with Crippen LogP contribution in [0.4, 0.5) is 4.39 Å². The molecule has 0 saturated heterocycles. The number of hydrogen-bond donors (Lipinski definition) is 2. The summed E-state index contributed by atoms with van der Waals surface area (Å²) in [4.78, 5) is 12.4. The third kappa shape index (κ3) is 6.65. The first-order valence-electron chi connectivity index (χ1n) is 8.34. The molecule has 0 aliphatic carbocycles. The zero-order valence-corrected chi connectivity index (χ0v) is 16.2. The molecule has 2 atom stereocenters. The number of ether oxygens (including phenoxy) is 1. The van der Waals surface area contributed by atoms with E-state index in [1.54, 1.807) is 43.3 Å². The molecule has 2 aromatic carbocycles. The molecular weight excluding hydrogens is 371 g/mol. The van der Waals surface area contributed by atoms with E-state index >= 15 is 0 Å². The van der Waals surface area contributed by atoms with Gasteiger partial charge in [-0.1, -0.05) is 24.3 Å². The topological polar surface area (TPSA) is 84.5 Å². The number of amides is 1. The molecule has 2 N–H and O–H groups in total. The summed E-state index contributed by atoms with van der Waals surface area (Å²) in [7, 11) is -1.99. The zero-order chi connectivity index (χ0) is 20.0. The summed E-state index contributed by atoms with van der Waals surface area (Å²) < 4.78 is 44.0. The Morgan fingerprint density at radius 1 is 1.07 bits per heavy atom. The smallest absolute Gasteiger partial charge is 0.222 e. The lowest BCUT2D eigenvalue weighted by Crippen LogP contribution is -2.34. The van der Waals surface area contributed by atoms with Crippen molar-refractivity contribution in [2.45, 2.75) is 25.4 Å². The van der Waals surface area contributed by atoms with Gasteiger partial charge in [0, 0.05) is 6.42 Å². The zero-order valence-electron chi connectivity index (χ0n) is 15.4. The molecule has 0 saturated carbocycles. The second-order valence-corrected chi connectivity index (χ2v) is 8.04. The summed E-state index contributed by atoms with van der Waals surface area (Å²) in [5.41, 5.74) is 1.40. The molecule has 0 spiro atoms. The standard InChI is InChI=1S/C19H23FN2O4S/c1-13(14-4-8-16(20)9-5-14)21-19(23)12-18(22-27(3,24)25)15-6-10-17(26-2)11-7-15/h4-11,13,18,22H,12H2,1-3H3,(H,21,23)/t13-,18+/m1/s1. The Morgan fingerprint density at radius 3 is 2.15 bits per heavy atom. The lowest BCUT2D eigenvalue weighted by molar-refractivity contribution is -0.122. The van der Waals surface area contributed by atoms with E-state index < -0.39 is 16.1 Å². The molecule has 1 amide bonds. The van der Waals surface area contributed by atoms with Crippen LogP contribution in [-0.2, 0) is 14.8 Å². The van der Waals surface area contributed by atoms with Crippen LogP contribution >= 0.6 is 0 Å². The fraction of sp³-hybridized carbons (Fsp3) is 0.316. The van der Waals surface area contributed by atoms with Gasteiger partial charge in [-0.2, -0.15) is 0 Å². The molecule has 0 aromatic heterocycles. The summed E-state index contributed by atoms with van der Waals surface area (Å²) in [5, 5.41) is 2.80. The van der Waals surface area contributed by atoms with Crippen molar-refractivity contribution in [3.63, 3.8) is 0 Å². The predicted molar refractivity (Wildman–Crippen MR) is 101 cm³/mol. The molecule has 0 bridgehead atoms. The van der Waals surface area contributed by atoms with E-state index in [4.69, 9.17) is 4.74 Å². The van der Waals surface area contributed by atoms with Crippen LogP contribution in [0, 0.1) is 5.82 Å². The molecule has 2 aromatic rings. The van der Waals surface area contributed by atoms with E-state index in [-0.39, 0.29) is 24.2 Å². The molecule has 146 valence electrons. The van der Waals surface area contributed by atoms with Gasteiger partial charge in [0.05, 0.1) is 25.4 Å². The second kappa shape index (κ2) is 8.96. The van der Waals surface area contributed by atoms with E-state index in [1.165, 1.54) is 19.2 Å². The Kier molecular flexibility index (Phi) is 6.92. The van der Waals surface area contributed by atoms with Gasteiger partial charge in [0.1, 0.15) is 11.6 Å². The molecule has 0 radical (unpaired) electrons. The first-order valence-corrected chi connectivity index (χ1v) is 10.2. The van der Waals surface area contributed by atoms with Crippen molar-refractivity contribution in [1.29, 1.82) is 0 Å². The van der Waals surface area contributed by atoms with Crippen LogP contribution in [0.15, 0.2) is 48.5 Å². The van der Waals surface area contributed by atoms with Crippen molar-refractivity contribution in [2.24, 2.45) is 0 Å². The first-order chi connectivity index (χ1) is 12.7. The molecule has 0 heterocycles. The van der Waals surface area contributed by atoms with Gasteiger partial charge in [0.25, 0.3) is 0 Å². The largest absolute Gasteiger partial charge is 0.497 e. The minimum absolute atomic E-state index is 0.0784. The van der Waals surface area contributed by atoms with Gasteiger partial charge in [-0.05, 0) is 42.3 Å². The Morgan fingerprint density at radius 2 is 1.63 bits per heavy atom. The third-order valence-electron chi connectivity index (χ3n) is 4.01. The lowest BCUT2D eigenvalue weighted by Gasteiger charge is -2.20. The number of halogens is 1. The molecule has 0 fully saturated rings. The Balaban J connectivity index is 2.11. The molecule has 27 heavy (non-hydrogen) atoms. The normalized spacial score (nSPS) is 13.6. The number of sulfonamides is 1. The SMILES string of the molecule is COc1ccc([C@H](CC(=O)N[C@H](C)c2ccc(F)cc2)NS(C)(=O)=O)cc1. The van der Waals surface area contributed by atoms with E-state index in [0.717, 1.165) is 11.8 Å². The molecule has 6 nitrogen and oxygen atoms in total. The number of benzene rings is 2. The van der Waals surface area contributed by atoms with Crippen molar-refractivity contribution in [3.05, 3.63) is 65.5 Å². The molecule has 0 aliphatic heterocycles. The van der Waals surface area contributed by atoms with Crippen molar-refractivity contribution < 1.29 is 22.3 Å². The van der Waals surface area contributed by atoms with Crippen molar-refractivity contribution >= 4 is 15.9 Å². The van der Waals surface area contributed by atoms with Gasteiger partial charge < -0.3 is 10.1 Å². The van der Waals surface area contributed by atoms with Crippen LogP contribution in [0.2, 0.25) is 0 Å². The Hall–Kier alpha value is -2.45. The maximum Gasteiger partial charge on any atom is 0.222 e. The maximum atomic E-state index is 13.0. The van der Waals surface area contributed by atoms with Gasteiger partial charge in [0.15, 0.2) is 0 Å². The molecule has 2 rings (SSSR count). The molecule has 0 aliphatic rings. The van der Waals surface area contributed by atoms with Crippen LogP contribution < -0.4 is 14.8 Å². The summed E-state index contributed by atoms with van der Waals surface area (Å²) in [6.07, 6.45) is 0.966. The first kappa shape index (κ1) is 20.9. The van der Waals surface area contributed by atoms with E-state index in [2.05, 4.69) is 10.0 Å². The van der Waals surface area contributed by atoms with Gasteiger partial charge in [-0.15, -0.1) is 0 Å². The summed E-state index contributed by atoms with van der Waals surface area (Å²) in [6, 6.07) is 11.6. The van der Waals surface area contributed by atoms with Gasteiger partial charge in [0.2, 0.25) is 15.9 Å². The van der Waals surface area contributed by atoms with Crippen molar-refractivity contribution in [1.82, 2.24) is 10.0 Å².